The molecule has 0 bridgehead atoms. The summed E-state index contributed by atoms with van der Waals surface area (Å²) in [4.78, 5) is 16.9. The zero-order valence-corrected chi connectivity index (χ0v) is 16.4. The average Bonchev–Trinajstić information content (AvgIpc) is 3.28. The Morgan fingerprint density at radius 2 is 2.04 bits per heavy atom. The molecule has 1 aromatic carbocycles. The maximum atomic E-state index is 11.8. The van der Waals surface area contributed by atoms with Gasteiger partial charge in [0.25, 0.3) is 0 Å². The van der Waals surface area contributed by atoms with Crippen LogP contribution in [0.25, 0.3) is 11.3 Å². The van der Waals surface area contributed by atoms with Gasteiger partial charge in [-0.15, -0.1) is 0 Å². The smallest absolute Gasteiger partial charge is 0.338 e. The third kappa shape index (κ3) is 3.66. The van der Waals surface area contributed by atoms with Crippen LogP contribution in [0.5, 0.6) is 0 Å². The Bertz CT molecular complexity index is 827. The van der Waals surface area contributed by atoms with E-state index in [9.17, 15) is 4.79 Å². The van der Waals surface area contributed by atoms with Gasteiger partial charge in [-0.1, -0.05) is 19.1 Å². The number of carbonyl (C=O) groups is 1. The van der Waals surface area contributed by atoms with Crippen LogP contribution >= 0.6 is 0 Å². The average molecular weight is 368 g/mol. The van der Waals surface area contributed by atoms with E-state index in [0.29, 0.717) is 24.3 Å². The van der Waals surface area contributed by atoms with Crippen molar-refractivity contribution < 1.29 is 13.9 Å². The van der Waals surface area contributed by atoms with E-state index in [1.54, 1.807) is 0 Å². The van der Waals surface area contributed by atoms with Crippen molar-refractivity contribution in [3.05, 3.63) is 47.2 Å². The first-order chi connectivity index (χ1) is 13.0. The number of furan rings is 1. The maximum Gasteiger partial charge on any atom is 0.338 e. The number of hydrogen-bond acceptors (Lipinski definition) is 5. The van der Waals surface area contributed by atoms with Crippen LogP contribution < -0.4 is 0 Å². The quantitative estimate of drug-likeness (QED) is 0.749. The monoisotopic (exact) mass is 368 g/mol. The summed E-state index contributed by atoms with van der Waals surface area (Å²) >= 11 is 0. The summed E-state index contributed by atoms with van der Waals surface area (Å²) in [7, 11) is 0. The Balaban J connectivity index is 1.45. The molecule has 1 saturated heterocycles. The number of piperazine rings is 1. The van der Waals surface area contributed by atoms with E-state index in [-0.39, 0.29) is 5.97 Å². The van der Waals surface area contributed by atoms with Crippen LogP contribution in [-0.2, 0) is 17.9 Å². The number of benzene rings is 1. The standard InChI is InChI=1S/C22H28N2O3/c1-4-18-12-23(9-10-24(18)15(2)3)13-19-7-8-21(27-19)16-5-6-17-14-26-22(25)20(17)11-16/h5-8,11,15,18H,4,9-10,12-14H2,1-3H3. The van der Waals surface area contributed by atoms with Crippen molar-refractivity contribution in [1.82, 2.24) is 9.80 Å². The number of cyclic esters (lactones) is 1. The molecule has 27 heavy (non-hydrogen) atoms. The van der Waals surface area contributed by atoms with Crippen LogP contribution in [0.1, 0.15) is 48.9 Å². The van der Waals surface area contributed by atoms with Gasteiger partial charge < -0.3 is 9.15 Å². The van der Waals surface area contributed by atoms with E-state index in [0.717, 1.165) is 48.8 Å². The van der Waals surface area contributed by atoms with Gasteiger partial charge in [-0.25, -0.2) is 4.79 Å². The third-order valence-electron chi connectivity index (χ3n) is 5.76. The first-order valence-electron chi connectivity index (χ1n) is 9.92. The molecule has 2 aliphatic rings. The summed E-state index contributed by atoms with van der Waals surface area (Å²) in [6.07, 6.45) is 1.17. The number of rotatable bonds is 5. The largest absolute Gasteiger partial charge is 0.460 e. The molecule has 0 radical (unpaired) electrons. The number of fused-ring (bicyclic) bond motifs is 1. The summed E-state index contributed by atoms with van der Waals surface area (Å²) in [5.74, 6) is 1.54. The minimum Gasteiger partial charge on any atom is -0.460 e. The Hall–Kier alpha value is -2.11. The fraction of sp³-hybridized carbons (Fsp3) is 0.500. The number of nitrogens with zero attached hydrogens (tertiary/aromatic N) is 2. The van der Waals surface area contributed by atoms with Gasteiger partial charge in [-0.05, 0) is 38.5 Å². The van der Waals surface area contributed by atoms with Crippen LogP contribution in [0.15, 0.2) is 34.7 Å². The van der Waals surface area contributed by atoms with E-state index in [4.69, 9.17) is 9.15 Å². The van der Waals surface area contributed by atoms with Crippen molar-refractivity contribution in [2.75, 3.05) is 19.6 Å². The first kappa shape index (κ1) is 18.3. The van der Waals surface area contributed by atoms with Crippen molar-refractivity contribution in [3.63, 3.8) is 0 Å². The Morgan fingerprint density at radius 1 is 1.19 bits per heavy atom. The van der Waals surface area contributed by atoms with Gasteiger partial charge in [0.2, 0.25) is 0 Å². The number of carbonyl (C=O) groups excluding carboxylic acids is 1. The molecule has 2 aromatic rings. The normalized spacial score (nSPS) is 20.9. The first-order valence-corrected chi connectivity index (χ1v) is 9.92. The number of ether oxygens (including phenoxy) is 1. The van der Waals surface area contributed by atoms with Crippen molar-refractivity contribution in [3.8, 4) is 11.3 Å². The highest BCUT2D eigenvalue weighted by atomic mass is 16.5. The highest BCUT2D eigenvalue weighted by Crippen LogP contribution is 2.29. The summed E-state index contributed by atoms with van der Waals surface area (Å²) < 4.78 is 11.2. The summed E-state index contributed by atoms with van der Waals surface area (Å²) in [6.45, 7) is 11.3. The summed E-state index contributed by atoms with van der Waals surface area (Å²) in [6, 6.07) is 11.1. The van der Waals surface area contributed by atoms with Gasteiger partial charge in [0.15, 0.2) is 0 Å². The van der Waals surface area contributed by atoms with Crippen LogP contribution in [0, 0.1) is 0 Å². The molecule has 0 N–H and O–H groups in total. The van der Waals surface area contributed by atoms with Gasteiger partial charge in [0.05, 0.1) is 12.1 Å². The molecule has 0 aliphatic carbocycles. The molecule has 4 rings (SSSR count). The second kappa shape index (κ2) is 7.49. The molecule has 3 heterocycles. The molecule has 144 valence electrons. The maximum absolute atomic E-state index is 11.8. The SMILES string of the molecule is CCC1CN(Cc2ccc(-c3ccc4c(c3)C(=O)OC4)o2)CCN1C(C)C. The van der Waals surface area contributed by atoms with Crippen molar-refractivity contribution in [2.24, 2.45) is 0 Å². The van der Waals surface area contributed by atoms with Gasteiger partial charge in [-0.2, -0.15) is 0 Å². The van der Waals surface area contributed by atoms with Gasteiger partial charge in [0, 0.05) is 42.8 Å². The molecule has 0 saturated carbocycles. The summed E-state index contributed by atoms with van der Waals surface area (Å²) in [5.41, 5.74) is 2.53. The molecular formula is C22H28N2O3. The summed E-state index contributed by atoms with van der Waals surface area (Å²) in [5, 5.41) is 0. The highest BCUT2D eigenvalue weighted by molar-refractivity contribution is 5.94. The molecule has 0 spiro atoms. The zero-order valence-electron chi connectivity index (χ0n) is 16.4. The molecule has 5 heteroatoms. The van der Waals surface area contributed by atoms with Crippen LogP contribution in [0.4, 0.5) is 0 Å². The molecule has 0 amide bonds. The van der Waals surface area contributed by atoms with E-state index in [2.05, 4.69) is 36.6 Å². The molecule has 1 unspecified atom stereocenters. The molecule has 1 atom stereocenters. The van der Waals surface area contributed by atoms with Gasteiger partial charge in [-0.3, -0.25) is 9.80 Å². The van der Waals surface area contributed by atoms with E-state index in [1.807, 2.05) is 24.3 Å². The van der Waals surface area contributed by atoms with Crippen LogP contribution in [0.3, 0.4) is 0 Å². The van der Waals surface area contributed by atoms with Crippen molar-refractivity contribution >= 4 is 5.97 Å². The lowest BCUT2D eigenvalue weighted by atomic mass is 10.0. The fourth-order valence-electron chi connectivity index (χ4n) is 4.23. The Kier molecular flexibility index (Phi) is 5.06. The van der Waals surface area contributed by atoms with Gasteiger partial charge >= 0.3 is 5.97 Å². The minimum absolute atomic E-state index is 0.243. The Labute approximate surface area is 160 Å². The predicted octanol–water partition coefficient (Wildman–Crippen LogP) is 3.92. The number of esters is 1. The molecule has 5 nitrogen and oxygen atoms in total. The Morgan fingerprint density at radius 3 is 2.81 bits per heavy atom. The fourth-order valence-corrected chi connectivity index (χ4v) is 4.23. The highest BCUT2D eigenvalue weighted by Gasteiger charge is 2.28. The van der Waals surface area contributed by atoms with E-state index in [1.165, 1.54) is 6.42 Å². The topological polar surface area (TPSA) is 45.9 Å². The van der Waals surface area contributed by atoms with Crippen LogP contribution in [0.2, 0.25) is 0 Å². The second-order valence-electron chi connectivity index (χ2n) is 7.84. The third-order valence-corrected chi connectivity index (χ3v) is 5.76. The number of hydrogen-bond donors (Lipinski definition) is 0. The zero-order chi connectivity index (χ0) is 19.0. The van der Waals surface area contributed by atoms with Crippen molar-refractivity contribution in [2.45, 2.75) is 52.4 Å². The molecule has 1 fully saturated rings. The second-order valence-corrected chi connectivity index (χ2v) is 7.84. The van der Waals surface area contributed by atoms with Gasteiger partial charge in [0.1, 0.15) is 18.1 Å². The molecule has 2 aliphatic heterocycles. The van der Waals surface area contributed by atoms with Crippen LogP contribution in [-0.4, -0.2) is 47.5 Å². The lowest BCUT2D eigenvalue weighted by molar-refractivity contribution is 0.0427. The van der Waals surface area contributed by atoms with Crippen molar-refractivity contribution in [1.29, 1.82) is 0 Å². The lowest BCUT2D eigenvalue weighted by Gasteiger charge is -2.43. The minimum atomic E-state index is -0.243. The lowest BCUT2D eigenvalue weighted by Crippen LogP contribution is -2.54. The predicted molar refractivity (Wildman–Crippen MR) is 104 cm³/mol. The van der Waals surface area contributed by atoms with E-state index >= 15 is 0 Å². The molecular weight excluding hydrogens is 340 g/mol. The molecule has 1 aromatic heterocycles. The van der Waals surface area contributed by atoms with E-state index < -0.39 is 0 Å².